The molecule has 0 saturated carbocycles. The van der Waals surface area contributed by atoms with E-state index < -0.39 is 0 Å². The van der Waals surface area contributed by atoms with Gasteiger partial charge in [-0.25, -0.2) is 0 Å². The Balaban J connectivity index is 2.60. The van der Waals surface area contributed by atoms with E-state index in [-0.39, 0.29) is 6.04 Å². The Kier molecular flexibility index (Phi) is 2.18. The summed E-state index contributed by atoms with van der Waals surface area (Å²) in [5.41, 5.74) is 9.45. The van der Waals surface area contributed by atoms with Gasteiger partial charge in [0.1, 0.15) is 0 Å². The number of hydrogen-bond donors (Lipinski definition) is 2. The van der Waals surface area contributed by atoms with Crippen LogP contribution in [0, 0.1) is 6.92 Å². The number of anilines is 1. The highest BCUT2D eigenvalue weighted by Crippen LogP contribution is 2.36. The number of aryl methyl sites for hydroxylation is 1. The third kappa shape index (κ3) is 1.40. The lowest BCUT2D eigenvalue weighted by Crippen LogP contribution is -2.23. The third-order valence-electron chi connectivity index (χ3n) is 2.54. The molecule has 0 spiro atoms. The minimum atomic E-state index is 0.134. The first-order valence-electron chi connectivity index (χ1n) is 4.48. The van der Waals surface area contributed by atoms with Crippen molar-refractivity contribution in [3.05, 3.63) is 28.3 Å². The number of fused-ring (bicyclic) bond motifs is 1. The van der Waals surface area contributed by atoms with E-state index in [2.05, 4.69) is 12.2 Å². The Morgan fingerprint density at radius 1 is 1.54 bits per heavy atom. The molecule has 0 radical (unpaired) electrons. The minimum Gasteiger partial charge on any atom is -0.383 e. The molecule has 1 aliphatic rings. The van der Waals surface area contributed by atoms with Crippen molar-refractivity contribution in [1.82, 2.24) is 0 Å². The Morgan fingerprint density at radius 3 is 3.00 bits per heavy atom. The van der Waals surface area contributed by atoms with Crippen LogP contribution in [0.5, 0.6) is 0 Å². The monoisotopic (exact) mass is 196 g/mol. The second kappa shape index (κ2) is 3.20. The molecule has 1 atom stereocenters. The number of halogens is 1. The molecule has 3 N–H and O–H groups in total. The summed E-state index contributed by atoms with van der Waals surface area (Å²) in [7, 11) is 0. The first kappa shape index (κ1) is 8.85. The molecule has 1 aromatic carbocycles. The molecule has 1 aliphatic heterocycles. The van der Waals surface area contributed by atoms with E-state index in [0.717, 1.165) is 23.7 Å². The van der Waals surface area contributed by atoms with E-state index in [0.29, 0.717) is 0 Å². The second-order valence-electron chi connectivity index (χ2n) is 3.47. The lowest BCUT2D eigenvalue weighted by molar-refractivity contribution is 0.651. The normalized spacial score (nSPS) is 20.7. The zero-order valence-corrected chi connectivity index (χ0v) is 8.36. The fraction of sp³-hybridized carbons (Fsp3) is 0.400. The van der Waals surface area contributed by atoms with Crippen LogP contribution in [0.3, 0.4) is 0 Å². The van der Waals surface area contributed by atoms with Crippen LogP contribution in [-0.2, 0) is 0 Å². The number of nitrogens with one attached hydrogen (secondary N) is 1. The van der Waals surface area contributed by atoms with Crippen LogP contribution in [-0.4, -0.2) is 6.54 Å². The highest BCUT2D eigenvalue weighted by Gasteiger charge is 2.20. The number of rotatable bonds is 0. The molecule has 2 rings (SSSR count). The third-order valence-corrected chi connectivity index (χ3v) is 2.86. The maximum atomic E-state index is 6.06. The van der Waals surface area contributed by atoms with E-state index in [1.54, 1.807) is 0 Å². The summed E-state index contributed by atoms with van der Waals surface area (Å²) in [4.78, 5) is 0. The molecule has 0 amide bonds. The molecule has 0 fully saturated rings. The predicted octanol–water partition coefficient (Wildman–Crippen LogP) is 2.46. The highest BCUT2D eigenvalue weighted by molar-refractivity contribution is 6.33. The van der Waals surface area contributed by atoms with Gasteiger partial charge in [-0.05, 0) is 30.5 Å². The van der Waals surface area contributed by atoms with Crippen molar-refractivity contribution in [2.45, 2.75) is 19.4 Å². The van der Waals surface area contributed by atoms with Crippen LogP contribution < -0.4 is 11.1 Å². The molecule has 0 aliphatic carbocycles. The Labute approximate surface area is 83.1 Å². The van der Waals surface area contributed by atoms with Gasteiger partial charge in [0, 0.05) is 12.6 Å². The van der Waals surface area contributed by atoms with Gasteiger partial charge in [-0.3, -0.25) is 0 Å². The van der Waals surface area contributed by atoms with E-state index in [9.17, 15) is 0 Å². The summed E-state index contributed by atoms with van der Waals surface area (Å²) < 4.78 is 0. The topological polar surface area (TPSA) is 38.0 Å². The summed E-state index contributed by atoms with van der Waals surface area (Å²) in [6.07, 6.45) is 0.980. The van der Waals surface area contributed by atoms with E-state index in [1.165, 1.54) is 11.1 Å². The molecular weight excluding hydrogens is 184 g/mol. The van der Waals surface area contributed by atoms with Gasteiger partial charge >= 0.3 is 0 Å². The van der Waals surface area contributed by atoms with Crippen molar-refractivity contribution in [1.29, 1.82) is 0 Å². The number of hydrogen-bond acceptors (Lipinski definition) is 2. The Morgan fingerprint density at radius 2 is 2.31 bits per heavy atom. The van der Waals surface area contributed by atoms with Crippen molar-refractivity contribution in [2.75, 3.05) is 11.9 Å². The molecule has 0 bridgehead atoms. The van der Waals surface area contributed by atoms with Crippen molar-refractivity contribution in [3.63, 3.8) is 0 Å². The van der Waals surface area contributed by atoms with Crippen molar-refractivity contribution < 1.29 is 0 Å². The average Bonchev–Trinajstić information content (AvgIpc) is 2.12. The maximum Gasteiger partial charge on any atom is 0.0641 e. The highest BCUT2D eigenvalue weighted by atomic mass is 35.5. The van der Waals surface area contributed by atoms with Crippen LogP contribution in [0.2, 0.25) is 5.02 Å². The van der Waals surface area contributed by atoms with Gasteiger partial charge in [0.15, 0.2) is 0 Å². The molecule has 2 nitrogen and oxygen atoms in total. The fourth-order valence-corrected chi connectivity index (χ4v) is 2.08. The molecule has 0 saturated heterocycles. The lowest BCUT2D eigenvalue weighted by atomic mass is 9.94. The van der Waals surface area contributed by atoms with Crippen LogP contribution in [0.1, 0.15) is 23.6 Å². The Hall–Kier alpha value is -0.730. The standard InChI is InChI=1S/C10H13ClN2/c1-6-2-3-7(11)10-9(6)8(12)4-5-13-10/h2-3,8,13H,4-5,12H2,1H3. The number of benzene rings is 1. The van der Waals surface area contributed by atoms with E-state index >= 15 is 0 Å². The molecule has 70 valence electrons. The van der Waals surface area contributed by atoms with Gasteiger partial charge in [0.2, 0.25) is 0 Å². The first-order valence-corrected chi connectivity index (χ1v) is 4.86. The zero-order valence-electron chi connectivity index (χ0n) is 7.60. The maximum absolute atomic E-state index is 6.06. The first-order chi connectivity index (χ1) is 6.20. The molecule has 1 aromatic rings. The second-order valence-corrected chi connectivity index (χ2v) is 3.88. The van der Waals surface area contributed by atoms with Gasteiger partial charge in [-0.15, -0.1) is 0 Å². The zero-order chi connectivity index (χ0) is 9.42. The van der Waals surface area contributed by atoms with Crippen LogP contribution in [0.15, 0.2) is 12.1 Å². The van der Waals surface area contributed by atoms with Gasteiger partial charge < -0.3 is 11.1 Å². The quantitative estimate of drug-likeness (QED) is 0.669. The summed E-state index contributed by atoms with van der Waals surface area (Å²) in [6.45, 7) is 2.99. The van der Waals surface area contributed by atoms with Gasteiger partial charge in [0.25, 0.3) is 0 Å². The summed E-state index contributed by atoms with van der Waals surface area (Å²) in [6, 6.07) is 4.07. The van der Waals surface area contributed by atoms with E-state index in [1.807, 2.05) is 12.1 Å². The van der Waals surface area contributed by atoms with Crippen LogP contribution >= 0.6 is 11.6 Å². The van der Waals surface area contributed by atoms with Gasteiger partial charge in [-0.2, -0.15) is 0 Å². The molecule has 13 heavy (non-hydrogen) atoms. The smallest absolute Gasteiger partial charge is 0.0641 e. The minimum absolute atomic E-state index is 0.134. The molecular formula is C10H13ClN2. The SMILES string of the molecule is Cc1ccc(Cl)c2c1C(N)CCN2. The molecule has 0 aromatic heterocycles. The van der Waals surface area contributed by atoms with Crippen molar-refractivity contribution in [2.24, 2.45) is 5.73 Å². The summed E-state index contributed by atoms with van der Waals surface area (Å²) in [5, 5.41) is 4.06. The van der Waals surface area contributed by atoms with E-state index in [4.69, 9.17) is 17.3 Å². The largest absolute Gasteiger partial charge is 0.383 e. The Bertz CT molecular complexity index is 336. The number of nitrogens with two attached hydrogens (primary N) is 1. The van der Waals surface area contributed by atoms with Crippen molar-refractivity contribution >= 4 is 17.3 Å². The summed E-state index contributed by atoms with van der Waals surface area (Å²) in [5.74, 6) is 0. The van der Waals surface area contributed by atoms with Crippen molar-refractivity contribution in [3.8, 4) is 0 Å². The van der Waals surface area contributed by atoms with Gasteiger partial charge in [-0.1, -0.05) is 17.7 Å². The van der Waals surface area contributed by atoms with Crippen LogP contribution in [0.4, 0.5) is 5.69 Å². The van der Waals surface area contributed by atoms with Gasteiger partial charge in [0.05, 0.1) is 10.7 Å². The lowest BCUT2D eigenvalue weighted by Gasteiger charge is -2.26. The molecule has 1 unspecified atom stereocenters. The van der Waals surface area contributed by atoms with Crippen LogP contribution in [0.25, 0.3) is 0 Å². The fourth-order valence-electron chi connectivity index (χ4n) is 1.85. The molecule has 3 heteroatoms. The molecule has 1 heterocycles. The average molecular weight is 197 g/mol. The predicted molar refractivity (Wildman–Crippen MR) is 56.2 cm³/mol. The summed E-state index contributed by atoms with van der Waals surface area (Å²) >= 11 is 6.06.